The van der Waals surface area contributed by atoms with Crippen molar-refractivity contribution < 1.29 is 9.53 Å². The summed E-state index contributed by atoms with van der Waals surface area (Å²) in [6.45, 7) is 0.290. The van der Waals surface area contributed by atoms with Crippen LogP contribution in [0.25, 0.3) is 21.8 Å². The monoisotopic (exact) mass is 529 g/mol. The molecule has 184 valence electrons. The van der Waals surface area contributed by atoms with Gasteiger partial charge in [-0.3, -0.25) is 9.59 Å². The minimum Gasteiger partial charge on any atom is -0.489 e. The van der Waals surface area contributed by atoms with E-state index < -0.39 is 0 Å². The highest BCUT2D eigenvalue weighted by molar-refractivity contribution is 6.35. The Morgan fingerprint density at radius 3 is 2.30 bits per heavy atom. The third-order valence-electron chi connectivity index (χ3n) is 5.85. The smallest absolute Gasteiger partial charge is 0.260 e. The zero-order chi connectivity index (χ0) is 25.8. The molecule has 0 atom stereocenters. The fourth-order valence-corrected chi connectivity index (χ4v) is 4.55. The van der Waals surface area contributed by atoms with Crippen LogP contribution in [0.15, 0.2) is 101 Å². The van der Waals surface area contributed by atoms with Crippen LogP contribution in [-0.4, -0.2) is 16.7 Å². The van der Waals surface area contributed by atoms with Crippen molar-refractivity contribution >= 4 is 57.1 Å². The molecule has 0 radical (unpaired) electrons. The van der Waals surface area contributed by atoms with E-state index >= 15 is 0 Å². The minimum atomic E-state index is -0.319. The molecular formula is C29H21Cl2N3O3. The summed E-state index contributed by atoms with van der Waals surface area (Å²) >= 11 is 12.2. The Bertz CT molecular complexity index is 1650. The second-order valence-corrected chi connectivity index (χ2v) is 9.18. The van der Waals surface area contributed by atoms with Gasteiger partial charge in [0.1, 0.15) is 18.9 Å². The van der Waals surface area contributed by atoms with Crippen LogP contribution in [0, 0.1) is 0 Å². The molecule has 0 bridgehead atoms. The van der Waals surface area contributed by atoms with Crippen LogP contribution >= 0.6 is 23.2 Å². The first-order chi connectivity index (χ1) is 18.0. The molecule has 0 saturated carbocycles. The quantitative estimate of drug-likeness (QED) is 0.155. The molecule has 0 spiro atoms. The van der Waals surface area contributed by atoms with Gasteiger partial charge in [-0.1, -0.05) is 65.7 Å². The number of pyridine rings is 1. The number of carbonyl (C=O) groups is 1. The van der Waals surface area contributed by atoms with E-state index in [1.54, 1.807) is 30.5 Å². The topological polar surface area (TPSA) is 72.7 Å². The zero-order valence-electron chi connectivity index (χ0n) is 19.5. The van der Waals surface area contributed by atoms with Crippen LogP contribution in [0.3, 0.4) is 0 Å². The average Bonchev–Trinajstić information content (AvgIpc) is 2.91. The maximum Gasteiger partial charge on any atom is 0.260 e. The number of halogens is 2. The lowest BCUT2D eigenvalue weighted by molar-refractivity contribution is -0.121. The van der Waals surface area contributed by atoms with E-state index in [9.17, 15) is 9.59 Å². The highest BCUT2D eigenvalue weighted by atomic mass is 35.5. The number of hydrazone groups is 1. The van der Waals surface area contributed by atoms with Gasteiger partial charge in [-0.25, -0.2) is 5.43 Å². The Balaban J connectivity index is 1.28. The Morgan fingerprint density at radius 2 is 1.59 bits per heavy atom. The van der Waals surface area contributed by atoms with E-state index in [1.807, 2.05) is 71.3 Å². The first-order valence-corrected chi connectivity index (χ1v) is 12.2. The van der Waals surface area contributed by atoms with Crippen LogP contribution in [0.1, 0.15) is 11.1 Å². The van der Waals surface area contributed by atoms with E-state index in [-0.39, 0.29) is 24.5 Å². The number of fused-ring (bicyclic) bond motifs is 2. The molecule has 0 aliphatic rings. The molecule has 0 aliphatic heterocycles. The van der Waals surface area contributed by atoms with Crippen molar-refractivity contribution in [1.82, 2.24) is 9.99 Å². The lowest BCUT2D eigenvalue weighted by Crippen LogP contribution is -2.25. The summed E-state index contributed by atoms with van der Waals surface area (Å²) in [7, 11) is 0. The number of nitrogens with one attached hydrogen (secondary N) is 1. The van der Waals surface area contributed by atoms with Crippen molar-refractivity contribution in [3.63, 3.8) is 0 Å². The first-order valence-electron chi connectivity index (χ1n) is 11.5. The molecule has 1 aromatic heterocycles. The number of nitrogens with zero attached hydrogens (tertiary/aromatic N) is 2. The number of rotatable bonds is 7. The molecule has 5 aromatic rings. The van der Waals surface area contributed by atoms with Crippen LogP contribution in [0.4, 0.5) is 0 Å². The number of aromatic nitrogens is 1. The van der Waals surface area contributed by atoms with Crippen molar-refractivity contribution in [3.05, 3.63) is 122 Å². The SMILES string of the molecule is O=C(Cn1c2ccccc2c(=O)c2ccccc21)N/N=C/c1cccc(OCc2ccc(Cl)cc2Cl)c1. The average molecular weight is 530 g/mol. The van der Waals surface area contributed by atoms with Crippen LogP contribution in [-0.2, 0) is 17.9 Å². The number of hydrogen-bond donors (Lipinski definition) is 1. The highest BCUT2D eigenvalue weighted by Gasteiger charge is 2.12. The van der Waals surface area contributed by atoms with Crippen LogP contribution < -0.4 is 15.6 Å². The van der Waals surface area contributed by atoms with Gasteiger partial charge in [-0.05, 0) is 54.1 Å². The van der Waals surface area contributed by atoms with Crippen molar-refractivity contribution in [2.24, 2.45) is 5.10 Å². The van der Waals surface area contributed by atoms with Crippen molar-refractivity contribution in [2.45, 2.75) is 13.2 Å². The van der Waals surface area contributed by atoms with Crippen LogP contribution in [0.2, 0.25) is 10.0 Å². The predicted molar refractivity (Wildman–Crippen MR) is 149 cm³/mol. The van der Waals surface area contributed by atoms with Gasteiger partial charge in [-0.15, -0.1) is 0 Å². The fraction of sp³-hybridized carbons (Fsp3) is 0.0690. The normalized spacial score (nSPS) is 11.3. The molecule has 1 heterocycles. The number of hydrogen-bond acceptors (Lipinski definition) is 4. The molecule has 8 heteroatoms. The van der Waals surface area contributed by atoms with Gasteiger partial charge in [0.2, 0.25) is 0 Å². The lowest BCUT2D eigenvalue weighted by Gasteiger charge is -2.14. The van der Waals surface area contributed by atoms with Crippen molar-refractivity contribution in [3.8, 4) is 5.75 Å². The summed E-state index contributed by atoms with van der Waals surface area (Å²) < 4.78 is 7.67. The summed E-state index contributed by atoms with van der Waals surface area (Å²) in [6, 6.07) is 27.1. The first kappa shape index (κ1) is 24.6. The third kappa shape index (κ3) is 5.50. The van der Waals surface area contributed by atoms with Crippen molar-refractivity contribution in [1.29, 1.82) is 0 Å². The molecule has 0 saturated heterocycles. The maximum absolute atomic E-state index is 12.9. The van der Waals surface area contributed by atoms with Gasteiger partial charge >= 0.3 is 0 Å². The molecule has 5 rings (SSSR count). The summed E-state index contributed by atoms with van der Waals surface area (Å²) in [5.41, 5.74) is 5.47. The van der Waals surface area contributed by atoms with Gasteiger partial charge in [0, 0.05) is 26.4 Å². The van der Waals surface area contributed by atoms with E-state index in [1.165, 1.54) is 0 Å². The molecule has 1 amide bonds. The lowest BCUT2D eigenvalue weighted by atomic mass is 10.1. The highest BCUT2D eigenvalue weighted by Crippen LogP contribution is 2.23. The van der Waals surface area contributed by atoms with Gasteiger partial charge in [-0.2, -0.15) is 5.10 Å². The molecule has 0 fully saturated rings. The van der Waals surface area contributed by atoms with E-state index in [0.29, 0.717) is 37.6 Å². The number of carbonyl (C=O) groups excluding carboxylic acids is 1. The number of amides is 1. The summed E-state index contributed by atoms with van der Waals surface area (Å²) in [5, 5.41) is 6.34. The maximum atomic E-state index is 12.9. The molecule has 37 heavy (non-hydrogen) atoms. The van der Waals surface area contributed by atoms with Gasteiger partial charge in [0.25, 0.3) is 5.91 Å². The molecule has 6 nitrogen and oxygen atoms in total. The van der Waals surface area contributed by atoms with Crippen molar-refractivity contribution in [2.75, 3.05) is 0 Å². The summed E-state index contributed by atoms with van der Waals surface area (Å²) in [6.07, 6.45) is 1.54. The fourth-order valence-electron chi connectivity index (χ4n) is 4.09. The largest absolute Gasteiger partial charge is 0.489 e. The molecule has 4 aromatic carbocycles. The van der Waals surface area contributed by atoms with E-state index in [2.05, 4.69) is 10.5 Å². The van der Waals surface area contributed by atoms with Gasteiger partial charge in [0.15, 0.2) is 5.43 Å². The Kier molecular flexibility index (Phi) is 7.21. The Morgan fingerprint density at radius 1 is 0.892 bits per heavy atom. The molecule has 0 unspecified atom stereocenters. The number of ether oxygens (including phenoxy) is 1. The predicted octanol–water partition coefficient (Wildman–Crippen LogP) is 6.19. The molecular weight excluding hydrogens is 509 g/mol. The summed E-state index contributed by atoms with van der Waals surface area (Å²) in [4.78, 5) is 25.7. The van der Waals surface area contributed by atoms with Gasteiger partial charge in [0.05, 0.1) is 17.2 Å². The van der Waals surface area contributed by atoms with Crippen LogP contribution in [0.5, 0.6) is 5.75 Å². The third-order valence-corrected chi connectivity index (χ3v) is 6.44. The molecule has 1 N–H and O–H groups in total. The minimum absolute atomic E-state index is 0.00362. The number of benzene rings is 4. The standard InChI is InChI=1S/C29H21Cl2N3O3/c30-21-13-12-20(25(31)15-21)18-37-22-7-5-6-19(14-22)16-32-33-28(35)17-34-26-10-3-1-8-23(26)29(36)24-9-2-4-11-27(24)34/h1-16H,17-18H2,(H,33,35)/b32-16+. The van der Waals surface area contributed by atoms with Gasteiger partial charge < -0.3 is 9.30 Å². The van der Waals surface area contributed by atoms with E-state index in [0.717, 1.165) is 11.1 Å². The second-order valence-electron chi connectivity index (χ2n) is 8.34. The zero-order valence-corrected chi connectivity index (χ0v) is 21.0. The Hall–Kier alpha value is -4.13. The number of para-hydroxylation sites is 2. The molecule has 0 aliphatic carbocycles. The Labute approximate surface area is 222 Å². The summed E-state index contributed by atoms with van der Waals surface area (Å²) in [5.74, 6) is 0.312. The second kappa shape index (κ2) is 10.9. The van der Waals surface area contributed by atoms with E-state index in [4.69, 9.17) is 27.9 Å².